The van der Waals surface area contributed by atoms with Crippen molar-refractivity contribution in [1.82, 2.24) is 4.90 Å². The monoisotopic (exact) mass is 355 g/mol. The average molecular weight is 356 g/mol. The lowest BCUT2D eigenvalue weighted by Crippen LogP contribution is -2.53. The maximum atomic E-state index is 12.7. The first-order valence-electron chi connectivity index (χ1n) is 9.87. The van der Waals surface area contributed by atoms with E-state index >= 15 is 0 Å². The third-order valence-electron chi connectivity index (χ3n) is 5.34. The molecule has 1 amide bonds. The van der Waals surface area contributed by atoms with E-state index in [2.05, 4.69) is 51.1 Å². The van der Waals surface area contributed by atoms with E-state index in [0.717, 1.165) is 19.3 Å². The summed E-state index contributed by atoms with van der Waals surface area (Å²) in [5, 5.41) is 0. The first-order valence-corrected chi connectivity index (χ1v) is 9.87. The molecule has 0 N–H and O–H groups in total. The topological polar surface area (TPSA) is 29.5 Å². The zero-order valence-corrected chi connectivity index (χ0v) is 17.1. The molecule has 0 aromatic heterocycles. The Morgan fingerprint density at radius 3 is 2.46 bits per heavy atom. The third-order valence-corrected chi connectivity index (χ3v) is 5.34. The van der Waals surface area contributed by atoms with Crippen molar-refractivity contribution in [3.05, 3.63) is 41.5 Å². The predicted molar refractivity (Wildman–Crippen MR) is 107 cm³/mol. The predicted octanol–water partition coefficient (Wildman–Crippen LogP) is 5.93. The Bertz CT molecular complexity index is 706. The van der Waals surface area contributed by atoms with Crippen molar-refractivity contribution in [2.24, 2.45) is 0 Å². The number of ether oxygens (including phenoxy) is 1. The van der Waals surface area contributed by atoms with Gasteiger partial charge < -0.3 is 4.74 Å². The fourth-order valence-corrected chi connectivity index (χ4v) is 4.03. The van der Waals surface area contributed by atoms with Crippen LogP contribution in [0, 0.1) is 0 Å². The second-order valence-corrected chi connectivity index (χ2v) is 9.77. The molecule has 3 rings (SSSR count). The molecule has 2 aliphatic rings. The van der Waals surface area contributed by atoms with Gasteiger partial charge in [-0.05, 0) is 68.6 Å². The quantitative estimate of drug-likeness (QED) is 0.625. The number of carbonyl (C=O) groups excluding carboxylic acids is 1. The summed E-state index contributed by atoms with van der Waals surface area (Å²) in [6, 6.07) is 9.31. The van der Waals surface area contributed by atoms with Crippen molar-refractivity contribution in [3.8, 4) is 0 Å². The second kappa shape index (κ2) is 6.75. The molecule has 1 fully saturated rings. The van der Waals surface area contributed by atoms with Crippen LogP contribution in [0.5, 0.6) is 0 Å². The largest absolute Gasteiger partial charge is 0.444 e. The minimum absolute atomic E-state index is 0.143. The molecule has 2 bridgehead atoms. The first-order chi connectivity index (χ1) is 12.0. The Labute approximate surface area is 158 Å². The van der Waals surface area contributed by atoms with Gasteiger partial charge in [-0.15, -0.1) is 0 Å². The highest BCUT2D eigenvalue weighted by Gasteiger charge is 2.39. The second-order valence-electron chi connectivity index (χ2n) is 9.77. The number of fused-ring (bicyclic) bond motifs is 2. The summed E-state index contributed by atoms with van der Waals surface area (Å²) in [5.41, 5.74) is 3.74. The molecule has 1 aromatic rings. The van der Waals surface area contributed by atoms with Crippen LogP contribution in [-0.2, 0) is 10.2 Å². The summed E-state index contributed by atoms with van der Waals surface area (Å²) in [6.07, 6.45) is 6.33. The zero-order chi connectivity index (χ0) is 19.1. The normalized spacial score (nSPS) is 23.5. The van der Waals surface area contributed by atoms with Gasteiger partial charge in [-0.2, -0.15) is 0 Å². The third kappa shape index (κ3) is 4.13. The Hall–Kier alpha value is -1.77. The molecular weight excluding hydrogens is 322 g/mol. The molecule has 26 heavy (non-hydrogen) atoms. The number of hydrogen-bond acceptors (Lipinski definition) is 2. The summed E-state index contributed by atoms with van der Waals surface area (Å²) in [7, 11) is 0. The van der Waals surface area contributed by atoms with E-state index < -0.39 is 5.60 Å². The standard InChI is InChI=1S/C23H33NO2/c1-22(2,3)18-10-7-9-16(13-18)17-14-19-11-8-12-20(15-17)24(19)21(25)26-23(4,5)6/h7,9-10,13-14,19-20H,8,11-12,15H2,1-6H3. The number of amides is 1. The van der Waals surface area contributed by atoms with E-state index in [1.165, 1.54) is 23.1 Å². The van der Waals surface area contributed by atoms with Crippen LogP contribution in [0.4, 0.5) is 4.79 Å². The lowest BCUT2D eigenvalue weighted by molar-refractivity contribution is 0.0000852. The van der Waals surface area contributed by atoms with E-state index in [9.17, 15) is 4.79 Å². The highest BCUT2D eigenvalue weighted by atomic mass is 16.6. The molecule has 1 saturated heterocycles. The Kier molecular flexibility index (Phi) is 4.94. The van der Waals surface area contributed by atoms with E-state index in [0.29, 0.717) is 0 Å². The molecule has 3 nitrogen and oxygen atoms in total. The summed E-state index contributed by atoms with van der Waals surface area (Å²) in [4.78, 5) is 14.7. The SMILES string of the molecule is CC(C)(C)OC(=O)N1C2C=C(c3cccc(C(C)(C)C)c3)CC1CCC2. The van der Waals surface area contributed by atoms with Crippen molar-refractivity contribution < 1.29 is 9.53 Å². The Morgan fingerprint density at radius 2 is 1.85 bits per heavy atom. The van der Waals surface area contributed by atoms with Crippen molar-refractivity contribution in [2.45, 2.75) is 90.3 Å². The summed E-state index contributed by atoms with van der Waals surface area (Å²) in [6.45, 7) is 12.6. The zero-order valence-electron chi connectivity index (χ0n) is 17.1. The molecule has 142 valence electrons. The molecule has 0 aliphatic carbocycles. The van der Waals surface area contributed by atoms with Crippen LogP contribution in [0.2, 0.25) is 0 Å². The summed E-state index contributed by atoms with van der Waals surface area (Å²) in [5.74, 6) is 0. The number of hydrogen-bond donors (Lipinski definition) is 0. The average Bonchev–Trinajstić information content (AvgIpc) is 2.51. The van der Waals surface area contributed by atoms with Crippen LogP contribution in [0.1, 0.15) is 78.4 Å². The van der Waals surface area contributed by atoms with Gasteiger partial charge in [-0.1, -0.05) is 51.1 Å². The molecule has 0 radical (unpaired) electrons. The molecule has 2 atom stereocenters. The smallest absolute Gasteiger partial charge is 0.411 e. The van der Waals surface area contributed by atoms with E-state index in [-0.39, 0.29) is 23.6 Å². The van der Waals surface area contributed by atoms with Crippen molar-refractivity contribution in [2.75, 3.05) is 0 Å². The van der Waals surface area contributed by atoms with Gasteiger partial charge in [0.05, 0.1) is 6.04 Å². The molecular formula is C23H33NO2. The molecule has 1 aromatic carbocycles. The minimum atomic E-state index is -0.448. The fourth-order valence-electron chi connectivity index (χ4n) is 4.03. The van der Waals surface area contributed by atoms with Crippen LogP contribution in [-0.4, -0.2) is 28.7 Å². The Balaban J connectivity index is 1.88. The highest BCUT2D eigenvalue weighted by molar-refractivity contribution is 5.75. The van der Waals surface area contributed by atoms with Gasteiger partial charge in [-0.25, -0.2) is 4.79 Å². The number of nitrogens with zero attached hydrogens (tertiary/aromatic N) is 1. The number of carbonyl (C=O) groups is 1. The minimum Gasteiger partial charge on any atom is -0.444 e. The molecule has 2 unspecified atom stereocenters. The van der Waals surface area contributed by atoms with E-state index in [1.54, 1.807) is 0 Å². The van der Waals surface area contributed by atoms with Crippen LogP contribution in [0.3, 0.4) is 0 Å². The van der Waals surface area contributed by atoms with Gasteiger partial charge in [0.2, 0.25) is 0 Å². The summed E-state index contributed by atoms with van der Waals surface area (Å²) < 4.78 is 5.68. The number of rotatable bonds is 1. The van der Waals surface area contributed by atoms with Crippen LogP contribution >= 0.6 is 0 Å². The van der Waals surface area contributed by atoms with Gasteiger partial charge in [0.15, 0.2) is 0 Å². The van der Waals surface area contributed by atoms with Gasteiger partial charge in [0.1, 0.15) is 5.60 Å². The van der Waals surface area contributed by atoms with E-state index in [1.807, 2.05) is 25.7 Å². The molecule has 2 heterocycles. The van der Waals surface area contributed by atoms with Crippen LogP contribution < -0.4 is 0 Å². The maximum Gasteiger partial charge on any atom is 0.411 e. The highest BCUT2D eigenvalue weighted by Crippen LogP contribution is 2.38. The van der Waals surface area contributed by atoms with Crippen LogP contribution in [0.15, 0.2) is 30.3 Å². The van der Waals surface area contributed by atoms with Gasteiger partial charge in [-0.3, -0.25) is 4.90 Å². The molecule has 0 saturated carbocycles. The molecule has 0 spiro atoms. The first kappa shape index (κ1) is 19.0. The van der Waals surface area contributed by atoms with Gasteiger partial charge in [0, 0.05) is 6.04 Å². The van der Waals surface area contributed by atoms with Crippen molar-refractivity contribution >= 4 is 11.7 Å². The Morgan fingerprint density at radius 1 is 1.12 bits per heavy atom. The fraction of sp³-hybridized carbons (Fsp3) is 0.609. The molecule has 2 aliphatic heterocycles. The number of benzene rings is 1. The van der Waals surface area contributed by atoms with Gasteiger partial charge >= 0.3 is 6.09 Å². The van der Waals surface area contributed by atoms with Crippen molar-refractivity contribution in [1.29, 1.82) is 0 Å². The molecule has 3 heteroatoms. The van der Waals surface area contributed by atoms with Gasteiger partial charge in [0.25, 0.3) is 0 Å². The van der Waals surface area contributed by atoms with Crippen LogP contribution in [0.25, 0.3) is 5.57 Å². The van der Waals surface area contributed by atoms with Crippen molar-refractivity contribution in [3.63, 3.8) is 0 Å². The lowest BCUT2D eigenvalue weighted by Gasteiger charge is -2.45. The summed E-state index contributed by atoms with van der Waals surface area (Å²) >= 11 is 0. The lowest BCUT2D eigenvalue weighted by atomic mass is 9.81. The number of piperidine rings is 1. The van der Waals surface area contributed by atoms with E-state index in [4.69, 9.17) is 4.74 Å². The maximum absolute atomic E-state index is 12.7.